The number of aryl methyl sites for hydroxylation is 1. The monoisotopic (exact) mass is 363 g/mol. The van der Waals surface area contributed by atoms with E-state index in [1.165, 1.54) is 17.7 Å². The zero-order valence-corrected chi connectivity index (χ0v) is 15.1. The summed E-state index contributed by atoms with van der Waals surface area (Å²) < 4.78 is 37.9. The first-order valence-corrected chi connectivity index (χ1v) is 8.83. The van der Waals surface area contributed by atoms with Crippen LogP contribution in [0.1, 0.15) is 37.8 Å². The largest absolute Gasteiger partial charge is 0.416 e. The number of halogens is 3. The standard InChI is InChI=1S/C21H24F3NO/c1-3-25(16(2)26)15-5-4-6-17-7-9-18(10-8-17)19-11-13-20(14-12-19)21(22,23)24/h7-14H,3-6,15H2,1-2H3. The smallest absolute Gasteiger partial charge is 0.343 e. The molecular weight excluding hydrogens is 339 g/mol. The Bertz CT molecular complexity index is 706. The molecule has 0 aliphatic rings. The second-order valence-corrected chi connectivity index (χ2v) is 6.33. The lowest BCUT2D eigenvalue weighted by atomic mass is 10.0. The van der Waals surface area contributed by atoms with E-state index in [0.717, 1.165) is 55.6 Å². The van der Waals surface area contributed by atoms with Crippen LogP contribution in [-0.2, 0) is 17.4 Å². The number of nitrogens with zero attached hydrogens (tertiary/aromatic N) is 1. The van der Waals surface area contributed by atoms with Gasteiger partial charge in [0.25, 0.3) is 0 Å². The van der Waals surface area contributed by atoms with E-state index in [0.29, 0.717) is 0 Å². The van der Waals surface area contributed by atoms with Gasteiger partial charge < -0.3 is 4.90 Å². The van der Waals surface area contributed by atoms with Gasteiger partial charge in [-0.3, -0.25) is 4.79 Å². The fourth-order valence-corrected chi connectivity index (χ4v) is 2.89. The van der Waals surface area contributed by atoms with Crippen LogP contribution in [0.5, 0.6) is 0 Å². The third-order valence-electron chi connectivity index (χ3n) is 4.47. The average Bonchev–Trinajstić information content (AvgIpc) is 2.61. The fourth-order valence-electron chi connectivity index (χ4n) is 2.89. The van der Waals surface area contributed by atoms with Crippen LogP contribution in [-0.4, -0.2) is 23.9 Å². The fraction of sp³-hybridized carbons (Fsp3) is 0.381. The Hall–Kier alpha value is -2.30. The Balaban J connectivity index is 1.89. The van der Waals surface area contributed by atoms with Crippen LogP contribution in [0.25, 0.3) is 11.1 Å². The summed E-state index contributed by atoms with van der Waals surface area (Å²) in [6.45, 7) is 5.07. The first-order chi connectivity index (χ1) is 12.3. The molecule has 0 aromatic heterocycles. The number of hydrogen-bond donors (Lipinski definition) is 0. The van der Waals surface area contributed by atoms with Gasteiger partial charge in [-0.25, -0.2) is 0 Å². The molecule has 0 saturated heterocycles. The minimum atomic E-state index is -4.31. The molecule has 0 unspecified atom stereocenters. The second-order valence-electron chi connectivity index (χ2n) is 6.33. The highest BCUT2D eigenvalue weighted by molar-refractivity contribution is 5.73. The van der Waals surface area contributed by atoms with Crippen LogP contribution in [0.2, 0.25) is 0 Å². The average molecular weight is 363 g/mol. The maximum atomic E-state index is 12.6. The Kier molecular flexibility index (Phi) is 6.83. The van der Waals surface area contributed by atoms with Crippen LogP contribution in [0, 0.1) is 0 Å². The third-order valence-corrected chi connectivity index (χ3v) is 4.47. The highest BCUT2D eigenvalue weighted by atomic mass is 19.4. The molecule has 2 rings (SSSR count). The minimum absolute atomic E-state index is 0.105. The van der Waals surface area contributed by atoms with E-state index in [1.54, 1.807) is 6.92 Å². The van der Waals surface area contributed by atoms with Crippen LogP contribution in [0.15, 0.2) is 48.5 Å². The van der Waals surface area contributed by atoms with Gasteiger partial charge in [-0.05, 0) is 55.0 Å². The molecule has 5 heteroatoms. The van der Waals surface area contributed by atoms with Crippen molar-refractivity contribution >= 4 is 5.91 Å². The summed E-state index contributed by atoms with van der Waals surface area (Å²) in [5.74, 6) is 0.105. The molecule has 26 heavy (non-hydrogen) atoms. The van der Waals surface area contributed by atoms with Crippen molar-refractivity contribution in [2.24, 2.45) is 0 Å². The first-order valence-electron chi connectivity index (χ1n) is 8.83. The number of hydrogen-bond acceptors (Lipinski definition) is 1. The molecule has 0 atom stereocenters. The molecule has 0 N–H and O–H groups in total. The Morgan fingerprint density at radius 1 is 0.923 bits per heavy atom. The van der Waals surface area contributed by atoms with Gasteiger partial charge >= 0.3 is 6.18 Å². The molecule has 2 nitrogen and oxygen atoms in total. The first kappa shape index (κ1) is 20.0. The molecule has 0 spiro atoms. The van der Waals surface area contributed by atoms with Gasteiger partial charge in [-0.15, -0.1) is 0 Å². The van der Waals surface area contributed by atoms with Crippen molar-refractivity contribution in [3.8, 4) is 11.1 Å². The van der Waals surface area contributed by atoms with Gasteiger partial charge in [0.15, 0.2) is 0 Å². The predicted molar refractivity (Wildman–Crippen MR) is 97.7 cm³/mol. The molecule has 0 heterocycles. The van der Waals surface area contributed by atoms with Gasteiger partial charge in [0.1, 0.15) is 0 Å². The summed E-state index contributed by atoms with van der Waals surface area (Å²) in [6.07, 6.45) is -1.45. The molecule has 0 radical (unpaired) electrons. The SMILES string of the molecule is CCN(CCCCc1ccc(-c2ccc(C(F)(F)F)cc2)cc1)C(C)=O. The summed E-state index contributed by atoms with van der Waals surface area (Å²) >= 11 is 0. The summed E-state index contributed by atoms with van der Waals surface area (Å²) in [4.78, 5) is 13.2. The molecule has 0 aliphatic heterocycles. The third kappa shape index (κ3) is 5.61. The van der Waals surface area contributed by atoms with Crippen molar-refractivity contribution in [3.63, 3.8) is 0 Å². The maximum Gasteiger partial charge on any atom is 0.416 e. The zero-order valence-electron chi connectivity index (χ0n) is 15.1. The zero-order chi connectivity index (χ0) is 19.2. The molecular formula is C21H24F3NO. The number of benzene rings is 2. The summed E-state index contributed by atoms with van der Waals surface area (Å²) in [6, 6.07) is 13.1. The van der Waals surface area contributed by atoms with Crippen molar-refractivity contribution in [2.75, 3.05) is 13.1 Å². The second kappa shape index (κ2) is 8.88. The topological polar surface area (TPSA) is 20.3 Å². The van der Waals surface area contributed by atoms with Crippen LogP contribution in [0.3, 0.4) is 0 Å². The molecule has 1 amide bonds. The number of amides is 1. The lowest BCUT2D eigenvalue weighted by molar-refractivity contribution is -0.137. The van der Waals surface area contributed by atoms with Crippen molar-refractivity contribution in [2.45, 2.75) is 39.3 Å². The highest BCUT2D eigenvalue weighted by Crippen LogP contribution is 2.31. The van der Waals surface area contributed by atoms with Gasteiger partial charge in [-0.1, -0.05) is 36.4 Å². The number of unbranched alkanes of at least 4 members (excludes halogenated alkanes) is 1. The number of carbonyl (C=O) groups excluding carboxylic acids is 1. The number of alkyl halides is 3. The van der Waals surface area contributed by atoms with E-state index in [-0.39, 0.29) is 5.91 Å². The van der Waals surface area contributed by atoms with Crippen LogP contribution >= 0.6 is 0 Å². The molecule has 0 bridgehead atoms. The normalized spacial score (nSPS) is 11.4. The van der Waals surface area contributed by atoms with Gasteiger partial charge in [0, 0.05) is 20.0 Å². The molecule has 0 fully saturated rings. The van der Waals surface area contributed by atoms with E-state index in [1.807, 2.05) is 36.1 Å². The van der Waals surface area contributed by atoms with E-state index >= 15 is 0 Å². The highest BCUT2D eigenvalue weighted by Gasteiger charge is 2.29. The molecule has 0 aliphatic carbocycles. The lowest BCUT2D eigenvalue weighted by Crippen LogP contribution is -2.29. The lowest BCUT2D eigenvalue weighted by Gasteiger charge is -2.18. The van der Waals surface area contributed by atoms with Crippen molar-refractivity contribution in [1.29, 1.82) is 0 Å². The van der Waals surface area contributed by atoms with Crippen LogP contribution < -0.4 is 0 Å². The Morgan fingerprint density at radius 2 is 1.46 bits per heavy atom. The summed E-state index contributed by atoms with van der Waals surface area (Å²) in [5.41, 5.74) is 2.22. The van der Waals surface area contributed by atoms with Gasteiger partial charge in [-0.2, -0.15) is 13.2 Å². The number of carbonyl (C=O) groups is 1. The van der Waals surface area contributed by atoms with Crippen molar-refractivity contribution < 1.29 is 18.0 Å². The van der Waals surface area contributed by atoms with Gasteiger partial charge in [0.05, 0.1) is 5.56 Å². The Labute approximate surface area is 152 Å². The summed E-state index contributed by atoms with van der Waals surface area (Å²) in [5, 5.41) is 0. The molecule has 0 saturated carbocycles. The van der Waals surface area contributed by atoms with E-state index in [2.05, 4.69) is 0 Å². The minimum Gasteiger partial charge on any atom is -0.343 e. The molecule has 2 aromatic carbocycles. The van der Waals surface area contributed by atoms with E-state index in [9.17, 15) is 18.0 Å². The molecule has 2 aromatic rings. The van der Waals surface area contributed by atoms with Crippen LogP contribution in [0.4, 0.5) is 13.2 Å². The summed E-state index contributed by atoms with van der Waals surface area (Å²) in [7, 11) is 0. The van der Waals surface area contributed by atoms with E-state index in [4.69, 9.17) is 0 Å². The van der Waals surface area contributed by atoms with Gasteiger partial charge in [0.2, 0.25) is 5.91 Å². The maximum absolute atomic E-state index is 12.6. The van der Waals surface area contributed by atoms with E-state index < -0.39 is 11.7 Å². The predicted octanol–water partition coefficient (Wildman–Crippen LogP) is 5.56. The van der Waals surface area contributed by atoms with Crippen molar-refractivity contribution in [1.82, 2.24) is 4.90 Å². The quantitative estimate of drug-likeness (QED) is 0.590. The molecule has 140 valence electrons. The Morgan fingerprint density at radius 3 is 1.92 bits per heavy atom. The number of rotatable bonds is 7. The van der Waals surface area contributed by atoms with Crippen molar-refractivity contribution in [3.05, 3.63) is 59.7 Å².